The molecule has 0 aliphatic carbocycles. The molecule has 1 aliphatic heterocycles. The van der Waals surface area contributed by atoms with Gasteiger partial charge in [0.25, 0.3) is 0 Å². The van der Waals surface area contributed by atoms with Gasteiger partial charge in [-0.3, -0.25) is 0 Å². The van der Waals surface area contributed by atoms with E-state index in [0.29, 0.717) is 30.5 Å². The highest BCUT2D eigenvalue weighted by Crippen LogP contribution is 2.41. The van der Waals surface area contributed by atoms with Gasteiger partial charge in [-0.25, -0.2) is 0 Å². The van der Waals surface area contributed by atoms with Crippen molar-refractivity contribution in [2.45, 2.75) is 13.5 Å². The Morgan fingerprint density at radius 1 is 1.36 bits per heavy atom. The first kappa shape index (κ1) is 9.62. The number of hydrogen-bond donors (Lipinski definition) is 1. The first-order chi connectivity index (χ1) is 6.74. The molecule has 1 aliphatic rings. The summed E-state index contributed by atoms with van der Waals surface area (Å²) in [6.07, 6.45) is 0. The lowest BCUT2D eigenvalue weighted by Gasteiger charge is -2.22. The first-order valence-corrected chi connectivity index (χ1v) is 4.89. The van der Waals surface area contributed by atoms with Gasteiger partial charge in [0, 0.05) is 6.54 Å². The molecular formula is C10H12ClNO2. The van der Waals surface area contributed by atoms with Crippen molar-refractivity contribution in [1.82, 2.24) is 0 Å². The average molecular weight is 214 g/mol. The van der Waals surface area contributed by atoms with E-state index in [4.69, 9.17) is 26.8 Å². The Bertz CT molecular complexity index is 366. The van der Waals surface area contributed by atoms with Crippen LogP contribution in [0.15, 0.2) is 6.07 Å². The number of fused-ring (bicyclic) bond motifs is 1. The number of halogens is 1. The molecule has 0 unspecified atom stereocenters. The predicted molar refractivity (Wildman–Crippen MR) is 55.1 cm³/mol. The van der Waals surface area contributed by atoms with Crippen LogP contribution in [0.4, 0.5) is 0 Å². The predicted octanol–water partition coefficient (Wildman–Crippen LogP) is 1.88. The lowest BCUT2D eigenvalue weighted by atomic mass is 10.1. The fourth-order valence-electron chi connectivity index (χ4n) is 1.56. The molecule has 76 valence electrons. The van der Waals surface area contributed by atoms with Crippen LogP contribution in [-0.2, 0) is 6.54 Å². The zero-order valence-corrected chi connectivity index (χ0v) is 8.73. The summed E-state index contributed by atoms with van der Waals surface area (Å²) in [5.41, 5.74) is 7.62. The van der Waals surface area contributed by atoms with E-state index in [1.54, 1.807) is 0 Å². The molecule has 3 nitrogen and oxygen atoms in total. The van der Waals surface area contributed by atoms with Gasteiger partial charge in [0.15, 0.2) is 11.5 Å². The van der Waals surface area contributed by atoms with Crippen molar-refractivity contribution in [3.05, 3.63) is 22.2 Å². The Morgan fingerprint density at radius 3 is 2.64 bits per heavy atom. The molecule has 1 aromatic rings. The van der Waals surface area contributed by atoms with Gasteiger partial charge in [-0.2, -0.15) is 0 Å². The molecule has 0 radical (unpaired) electrons. The van der Waals surface area contributed by atoms with Crippen LogP contribution in [0.5, 0.6) is 11.5 Å². The molecule has 14 heavy (non-hydrogen) atoms. The highest BCUT2D eigenvalue weighted by atomic mass is 35.5. The zero-order chi connectivity index (χ0) is 10.1. The highest BCUT2D eigenvalue weighted by molar-refractivity contribution is 6.32. The number of ether oxygens (including phenoxy) is 2. The van der Waals surface area contributed by atoms with E-state index < -0.39 is 0 Å². The Kier molecular flexibility index (Phi) is 2.52. The van der Waals surface area contributed by atoms with Gasteiger partial charge in [-0.1, -0.05) is 11.6 Å². The molecule has 2 N–H and O–H groups in total. The van der Waals surface area contributed by atoms with Gasteiger partial charge < -0.3 is 15.2 Å². The van der Waals surface area contributed by atoms with Crippen molar-refractivity contribution in [3.63, 3.8) is 0 Å². The van der Waals surface area contributed by atoms with Crippen LogP contribution < -0.4 is 15.2 Å². The summed E-state index contributed by atoms with van der Waals surface area (Å²) < 4.78 is 10.9. The van der Waals surface area contributed by atoms with Crippen molar-refractivity contribution in [1.29, 1.82) is 0 Å². The van der Waals surface area contributed by atoms with E-state index >= 15 is 0 Å². The second-order valence-electron chi connectivity index (χ2n) is 3.20. The fourth-order valence-corrected chi connectivity index (χ4v) is 1.83. The van der Waals surface area contributed by atoms with Crippen LogP contribution in [0, 0.1) is 6.92 Å². The lowest BCUT2D eigenvalue weighted by molar-refractivity contribution is 0.170. The van der Waals surface area contributed by atoms with Crippen molar-refractivity contribution in [2.75, 3.05) is 13.2 Å². The standard InChI is InChI=1S/C10H12ClNO2/c1-6-7(5-12)4-8(11)10-9(6)13-2-3-14-10/h4H,2-3,5,12H2,1H3. The minimum atomic E-state index is 0.461. The first-order valence-electron chi connectivity index (χ1n) is 4.51. The van der Waals surface area contributed by atoms with Crippen molar-refractivity contribution in [3.8, 4) is 11.5 Å². The Hall–Kier alpha value is -0.930. The summed E-state index contributed by atoms with van der Waals surface area (Å²) in [5, 5.41) is 0.575. The molecule has 0 aromatic heterocycles. The van der Waals surface area contributed by atoms with Gasteiger partial charge in [-0.15, -0.1) is 0 Å². The van der Waals surface area contributed by atoms with Crippen LogP contribution in [0.3, 0.4) is 0 Å². The largest absolute Gasteiger partial charge is 0.486 e. The molecule has 4 heteroatoms. The summed E-state index contributed by atoms with van der Waals surface area (Å²) >= 11 is 6.04. The van der Waals surface area contributed by atoms with E-state index in [1.165, 1.54) is 0 Å². The van der Waals surface area contributed by atoms with Gasteiger partial charge in [0.1, 0.15) is 13.2 Å². The molecule has 1 heterocycles. The van der Waals surface area contributed by atoms with Crippen molar-refractivity contribution >= 4 is 11.6 Å². The van der Waals surface area contributed by atoms with Crippen LogP contribution in [0.25, 0.3) is 0 Å². The van der Waals surface area contributed by atoms with Gasteiger partial charge in [-0.05, 0) is 24.1 Å². The van der Waals surface area contributed by atoms with E-state index in [1.807, 2.05) is 13.0 Å². The molecule has 0 saturated heterocycles. The molecule has 2 rings (SSSR count). The van der Waals surface area contributed by atoms with Gasteiger partial charge >= 0.3 is 0 Å². The van der Waals surface area contributed by atoms with E-state index in [9.17, 15) is 0 Å². The van der Waals surface area contributed by atoms with Crippen molar-refractivity contribution in [2.24, 2.45) is 5.73 Å². The topological polar surface area (TPSA) is 44.5 Å². The minimum Gasteiger partial charge on any atom is -0.486 e. The third kappa shape index (κ3) is 1.42. The quantitative estimate of drug-likeness (QED) is 0.775. The summed E-state index contributed by atoms with van der Waals surface area (Å²) in [5.74, 6) is 1.39. The second-order valence-corrected chi connectivity index (χ2v) is 3.61. The average Bonchev–Trinajstić information content (AvgIpc) is 2.23. The van der Waals surface area contributed by atoms with Crippen LogP contribution >= 0.6 is 11.6 Å². The van der Waals surface area contributed by atoms with Crippen LogP contribution in [-0.4, -0.2) is 13.2 Å². The van der Waals surface area contributed by atoms with Crippen LogP contribution in [0.2, 0.25) is 5.02 Å². The second kappa shape index (κ2) is 3.67. The number of nitrogens with two attached hydrogens (primary N) is 1. The normalized spacial score (nSPS) is 14.2. The highest BCUT2D eigenvalue weighted by Gasteiger charge is 2.19. The fraction of sp³-hybridized carbons (Fsp3) is 0.400. The Labute approximate surface area is 87.8 Å². The van der Waals surface area contributed by atoms with E-state index in [0.717, 1.165) is 16.9 Å². The van der Waals surface area contributed by atoms with Crippen LogP contribution in [0.1, 0.15) is 11.1 Å². The zero-order valence-electron chi connectivity index (χ0n) is 7.97. The molecule has 0 amide bonds. The molecule has 0 fully saturated rings. The van der Waals surface area contributed by atoms with Gasteiger partial charge in [0.05, 0.1) is 5.02 Å². The maximum atomic E-state index is 6.04. The monoisotopic (exact) mass is 213 g/mol. The van der Waals surface area contributed by atoms with Gasteiger partial charge in [0.2, 0.25) is 0 Å². The molecule has 0 atom stereocenters. The molecular weight excluding hydrogens is 202 g/mol. The lowest BCUT2D eigenvalue weighted by Crippen LogP contribution is -2.17. The summed E-state index contributed by atoms with van der Waals surface area (Å²) in [6.45, 7) is 3.54. The number of rotatable bonds is 1. The maximum Gasteiger partial charge on any atom is 0.180 e. The maximum absolute atomic E-state index is 6.04. The number of hydrogen-bond acceptors (Lipinski definition) is 3. The SMILES string of the molecule is Cc1c(CN)cc(Cl)c2c1OCCO2. The third-order valence-electron chi connectivity index (χ3n) is 2.34. The summed E-state index contributed by atoms with van der Waals surface area (Å²) in [4.78, 5) is 0. The van der Waals surface area contributed by atoms with E-state index in [-0.39, 0.29) is 0 Å². The molecule has 0 saturated carbocycles. The Balaban J connectivity index is 2.58. The summed E-state index contributed by atoms with van der Waals surface area (Å²) in [6, 6.07) is 1.84. The minimum absolute atomic E-state index is 0.461. The molecule has 0 spiro atoms. The van der Waals surface area contributed by atoms with Crippen molar-refractivity contribution < 1.29 is 9.47 Å². The van der Waals surface area contributed by atoms with E-state index in [2.05, 4.69) is 0 Å². The Morgan fingerprint density at radius 2 is 2.00 bits per heavy atom. The molecule has 1 aromatic carbocycles. The number of benzene rings is 1. The summed E-state index contributed by atoms with van der Waals surface area (Å²) in [7, 11) is 0. The third-order valence-corrected chi connectivity index (χ3v) is 2.62. The smallest absolute Gasteiger partial charge is 0.180 e. The molecule has 0 bridgehead atoms.